The summed E-state index contributed by atoms with van der Waals surface area (Å²) in [6, 6.07) is 18.9. The van der Waals surface area contributed by atoms with Gasteiger partial charge in [-0.3, -0.25) is 0 Å². The minimum Gasteiger partial charge on any atom is -0.493 e. The first-order chi connectivity index (χ1) is 16.5. The summed E-state index contributed by atoms with van der Waals surface area (Å²) in [6.45, 7) is 3.64. The molecule has 2 aliphatic heterocycles. The molecule has 2 heterocycles. The Balaban J connectivity index is 1.41. The van der Waals surface area contributed by atoms with Gasteiger partial charge in [0.2, 0.25) is 0 Å². The topological polar surface area (TPSA) is 66.4 Å². The van der Waals surface area contributed by atoms with Gasteiger partial charge in [0, 0.05) is 31.4 Å². The first-order valence-corrected chi connectivity index (χ1v) is 11.1. The number of rotatable bonds is 2. The molecule has 3 aromatic carbocycles. The Morgan fingerprint density at radius 1 is 1.12 bits per heavy atom. The summed E-state index contributed by atoms with van der Waals surface area (Å²) < 4.78 is 25.3. The summed E-state index contributed by atoms with van der Waals surface area (Å²) in [5, 5.41) is 2.79. The number of methoxy groups -OCH3 is 1. The summed E-state index contributed by atoms with van der Waals surface area (Å²) in [6.07, 6.45) is 0. The van der Waals surface area contributed by atoms with E-state index in [9.17, 15) is 9.18 Å². The molecule has 3 aromatic rings. The van der Waals surface area contributed by atoms with Crippen molar-refractivity contribution in [2.24, 2.45) is 4.99 Å². The second-order valence-corrected chi connectivity index (χ2v) is 8.27. The lowest BCUT2D eigenvalue weighted by Gasteiger charge is -2.41. The largest absolute Gasteiger partial charge is 0.493 e. The molecule has 1 atom stereocenters. The predicted octanol–water partition coefficient (Wildman–Crippen LogP) is 5.26. The Morgan fingerprint density at radius 3 is 2.74 bits per heavy atom. The van der Waals surface area contributed by atoms with Gasteiger partial charge in [-0.05, 0) is 49.4 Å². The van der Waals surface area contributed by atoms with Gasteiger partial charge in [-0.2, -0.15) is 0 Å². The molecule has 1 saturated heterocycles. The maximum Gasteiger partial charge on any atom is 0.322 e. The molecule has 1 unspecified atom stereocenters. The van der Waals surface area contributed by atoms with Crippen LogP contribution in [0.3, 0.4) is 0 Å². The highest BCUT2D eigenvalue weighted by atomic mass is 19.1. The molecule has 174 valence electrons. The van der Waals surface area contributed by atoms with E-state index in [4.69, 9.17) is 14.5 Å². The van der Waals surface area contributed by atoms with Gasteiger partial charge in [-0.25, -0.2) is 14.2 Å². The smallest absolute Gasteiger partial charge is 0.322 e. The van der Waals surface area contributed by atoms with Gasteiger partial charge >= 0.3 is 6.03 Å². The van der Waals surface area contributed by atoms with Gasteiger partial charge in [0.05, 0.1) is 12.7 Å². The Kier molecular flexibility index (Phi) is 5.79. The summed E-state index contributed by atoms with van der Waals surface area (Å²) in [4.78, 5) is 21.8. The number of aliphatic imine (C=N–C) groups is 1. The molecular weight excluding hydrogens is 435 g/mol. The fourth-order valence-electron chi connectivity index (χ4n) is 4.33. The van der Waals surface area contributed by atoms with E-state index >= 15 is 0 Å². The number of halogens is 1. The SMILES string of the molecule is COc1cccc2c1Oc1ccccc1N=C2N1CCN(C(=O)Nc2cccc(F)c2)C(C)C1. The van der Waals surface area contributed by atoms with Gasteiger partial charge in [0.15, 0.2) is 17.2 Å². The van der Waals surface area contributed by atoms with Crippen LogP contribution in [0.4, 0.5) is 20.6 Å². The van der Waals surface area contributed by atoms with Crippen LogP contribution in [0.5, 0.6) is 17.2 Å². The van der Waals surface area contributed by atoms with Crippen molar-refractivity contribution < 1.29 is 18.7 Å². The second-order valence-electron chi connectivity index (χ2n) is 8.27. The van der Waals surface area contributed by atoms with E-state index in [0.717, 1.165) is 17.1 Å². The standard InChI is InChI=1S/C26H25FN4O3/c1-17-16-30(13-14-31(17)26(32)28-19-8-5-7-18(27)15-19)25-20-9-6-12-23(33-2)24(20)34-22-11-4-3-10-21(22)29-25/h3-12,15,17H,13-14,16H2,1-2H3,(H,28,32). The van der Waals surface area contributed by atoms with Crippen molar-refractivity contribution in [3.8, 4) is 17.2 Å². The molecule has 2 aliphatic rings. The fourth-order valence-corrected chi connectivity index (χ4v) is 4.33. The molecule has 5 rings (SSSR count). The first-order valence-electron chi connectivity index (χ1n) is 11.1. The van der Waals surface area contributed by atoms with Crippen LogP contribution in [0.25, 0.3) is 0 Å². The minimum atomic E-state index is -0.390. The number of benzene rings is 3. The van der Waals surface area contributed by atoms with E-state index in [1.54, 1.807) is 24.1 Å². The lowest BCUT2D eigenvalue weighted by molar-refractivity contribution is 0.145. The lowest BCUT2D eigenvalue weighted by atomic mass is 10.1. The molecule has 0 aliphatic carbocycles. The predicted molar refractivity (Wildman–Crippen MR) is 129 cm³/mol. The van der Waals surface area contributed by atoms with Crippen LogP contribution in [0.1, 0.15) is 12.5 Å². The quantitative estimate of drug-likeness (QED) is 0.567. The molecule has 0 bridgehead atoms. The number of nitrogens with one attached hydrogen (secondary N) is 1. The monoisotopic (exact) mass is 460 g/mol. The van der Waals surface area contributed by atoms with E-state index in [-0.39, 0.29) is 12.1 Å². The number of urea groups is 1. The number of carbonyl (C=O) groups is 1. The van der Waals surface area contributed by atoms with Crippen molar-refractivity contribution in [2.75, 3.05) is 32.1 Å². The van der Waals surface area contributed by atoms with E-state index in [2.05, 4.69) is 10.2 Å². The Hall–Kier alpha value is -4.07. The van der Waals surface area contributed by atoms with E-state index in [0.29, 0.717) is 42.6 Å². The molecule has 7 nitrogen and oxygen atoms in total. The number of piperazine rings is 1. The van der Waals surface area contributed by atoms with Gasteiger partial charge < -0.3 is 24.6 Å². The minimum absolute atomic E-state index is 0.0986. The maximum absolute atomic E-state index is 13.5. The summed E-state index contributed by atoms with van der Waals surface area (Å²) >= 11 is 0. The summed E-state index contributed by atoms with van der Waals surface area (Å²) in [7, 11) is 1.62. The van der Waals surface area contributed by atoms with Crippen LogP contribution in [-0.2, 0) is 0 Å². The highest BCUT2D eigenvalue weighted by Gasteiger charge is 2.32. The molecule has 0 saturated carbocycles. The maximum atomic E-state index is 13.5. The van der Waals surface area contributed by atoms with Crippen molar-refractivity contribution in [3.05, 3.63) is 78.1 Å². The van der Waals surface area contributed by atoms with Crippen LogP contribution in [0, 0.1) is 5.82 Å². The molecule has 34 heavy (non-hydrogen) atoms. The van der Waals surface area contributed by atoms with Gasteiger partial charge in [-0.1, -0.05) is 24.3 Å². The molecule has 0 spiro atoms. The Bertz CT molecular complexity index is 1260. The molecule has 2 amide bonds. The van der Waals surface area contributed by atoms with Crippen LogP contribution < -0.4 is 14.8 Å². The summed E-state index contributed by atoms with van der Waals surface area (Å²) in [5.74, 6) is 2.29. The number of amides is 2. The van der Waals surface area contributed by atoms with Crippen LogP contribution in [0.15, 0.2) is 71.7 Å². The lowest BCUT2D eigenvalue weighted by Crippen LogP contribution is -2.56. The number of hydrogen-bond donors (Lipinski definition) is 1. The van der Waals surface area contributed by atoms with Crippen LogP contribution in [0.2, 0.25) is 0 Å². The van der Waals surface area contributed by atoms with Crippen molar-refractivity contribution in [1.29, 1.82) is 0 Å². The normalized spacial score (nSPS) is 17.0. The molecule has 8 heteroatoms. The first kappa shape index (κ1) is 21.8. The zero-order valence-corrected chi connectivity index (χ0v) is 19.0. The number of amidine groups is 1. The zero-order chi connectivity index (χ0) is 23.7. The van der Waals surface area contributed by atoms with Gasteiger partial charge in [0.25, 0.3) is 0 Å². The van der Waals surface area contributed by atoms with Crippen LogP contribution in [-0.4, -0.2) is 54.5 Å². The highest BCUT2D eigenvalue weighted by molar-refractivity contribution is 6.04. The molecule has 1 fully saturated rings. The average Bonchev–Trinajstić information content (AvgIpc) is 3.00. The van der Waals surface area contributed by atoms with Crippen LogP contribution >= 0.6 is 0 Å². The third-order valence-corrected chi connectivity index (χ3v) is 6.01. The average molecular weight is 461 g/mol. The number of anilines is 1. The highest BCUT2D eigenvalue weighted by Crippen LogP contribution is 2.42. The van der Waals surface area contributed by atoms with Gasteiger partial charge in [0.1, 0.15) is 17.3 Å². The Morgan fingerprint density at radius 2 is 1.94 bits per heavy atom. The van der Waals surface area contributed by atoms with Crippen molar-refractivity contribution in [3.63, 3.8) is 0 Å². The molecule has 1 N–H and O–H groups in total. The fraction of sp³-hybridized carbons (Fsp3) is 0.231. The molecular formula is C26H25FN4O3. The number of para-hydroxylation sites is 3. The number of ether oxygens (including phenoxy) is 2. The third-order valence-electron chi connectivity index (χ3n) is 6.01. The number of fused-ring (bicyclic) bond motifs is 2. The van der Waals surface area contributed by atoms with Gasteiger partial charge in [-0.15, -0.1) is 0 Å². The molecule has 0 aromatic heterocycles. The summed E-state index contributed by atoms with van der Waals surface area (Å²) in [5.41, 5.74) is 2.00. The second kappa shape index (κ2) is 9.05. The van der Waals surface area contributed by atoms with E-state index in [1.165, 1.54) is 12.1 Å². The number of nitrogens with zero attached hydrogens (tertiary/aromatic N) is 3. The van der Waals surface area contributed by atoms with Crippen molar-refractivity contribution >= 4 is 23.2 Å². The van der Waals surface area contributed by atoms with Crippen molar-refractivity contribution in [1.82, 2.24) is 9.80 Å². The number of hydrogen-bond acceptors (Lipinski definition) is 5. The molecule has 0 radical (unpaired) electrons. The third kappa shape index (κ3) is 4.14. The zero-order valence-electron chi connectivity index (χ0n) is 19.0. The number of carbonyl (C=O) groups excluding carboxylic acids is 1. The van der Waals surface area contributed by atoms with E-state index in [1.807, 2.05) is 49.4 Å². The van der Waals surface area contributed by atoms with Crippen molar-refractivity contribution in [2.45, 2.75) is 13.0 Å². The van der Waals surface area contributed by atoms with E-state index < -0.39 is 5.82 Å². The Labute approximate surface area is 197 Å².